The van der Waals surface area contributed by atoms with Gasteiger partial charge in [-0.1, -0.05) is 261 Å². The second kappa shape index (κ2) is 71.9. The van der Waals surface area contributed by atoms with Gasteiger partial charge in [0, 0.05) is 25.7 Å². The summed E-state index contributed by atoms with van der Waals surface area (Å²) in [6, 6.07) is 0. The van der Waals surface area contributed by atoms with Gasteiger partial charge >= 0.3 is 39.5 Å². The molecule has 17 nitrogen and oxygen atoms in total. The van der Waals surface area contributed by atoms with Gasteiger partial charge in [-0.3, -0.25) is 37.3 Å². The second-order valence-corrected chi connectivity index (χ2v) is 29.2. The van der Waals surface area contributed by atoms with Crippen LogP contribution in [0.3, 0.4) is 0 Å². The number of phosphoric acid groups is 2. The molecular weight excluding hydrogens is 1280 g/mol. The Labute approximate surface area is 596 Å². The molecule has 0 radical (unpaired) electrons. The molecule has 0 spiro atoms. The lowest BCUT2D eigenvalue weighted by Crippen LogP contribution is -2.30. The third kappa shape index (κ3) is 70.9. The smallest absolute Gasteiger partial charge is 0.462 e. The van der Waals surface area contributed by atoms with E-state index in [1.807, 2.05) is 0 Å². The minimum absolute atomic E-state index is 0.0838. The van der Waals surface area contributed by atoms with Gasteiger partial charge in [0.1, 0.15) is 19.3 Å². The summed E-state index contributed by atoms with van der Waals surface area (Å²) in [4.78, 5) is 72.9. The monoisotopic (exact) mass is 1420 g/mol. The average molecular weight is 1430 g/mol. The van der Waals surface area contributed by atoms with E-state index in [1.54, 1.807) is 0 Å². The first-order valence-electron chi connectivity index (χ1n) is 39.2. The van der Waals surface area contributed by atoms with E-state index in [-0.39, 0.29) is 25.7 Å². The summed E-state index contributed by atoms with van der Waals surface area (Å²) in [5.41, 5.74) is 0. The average Bonchev–Trinajstić information content (AvgIpc) is 0.959. The van der Waals surface area contributed by atoms with Crippen LogP contribution in [0.15, 0.2) is 72.9 Å². The predicted octanol–water partition coefficient (Wildman–Crippen LogP) is 22.4. The van der Waals surface area contributed by atoms with Crippen molar-refractivity contribution in [2.75, 3.05) is 39.6 Å². The Morgan fingerprint density at radius 3 is 0.857 bits per heavy atom. The molecule has 2 unspecified atom stereocenters. The minimum atomic E-state index is -4.98. The van der Waals surface area contributed by atoms with Crippen molar-refractivity contribution in [3.63, 3.8) is 0 Å². The number of phosphoric ester groups is 2. The van der Waals surface area contributed by atoms with Crippen LogP contribution in [0.2, 0.25) is 0 Å². The summed E-state index contributed by atoms with van der Waals surface area (Å²) < 4.78 is 68.5. The third-order valence-electron chi connectivity index (χ3n) is 16.6. The second-order valence-electron chi connectivity index (χ2n) is 26.3. The van der Waals surface area contributed by atoms with Crippen molar-refractivity contribution in [1.82, 2.24) is 0 Å². The molecule has 0 aromatic rings. The molecule has 3 N–H and O–H groups in total. The van der Waals surface area contributed by atoms with Crippen LogP contribution in [0.4, 0.5) is 0 Å². The van der Waals surface area contributed by atoms with Crippen LogP contribution in [0.25, 0.3) is 0 Å². The zero-order valence-electron chi connectivity index (χ0n) is 62.2. The van der Waals surface area contributed by atoms with E-state index in [4.69, 9.17) is 37.0 Å². The number of unbranched alkanes of at least 4 members (excludes halogenated alkanes) is 37. The number of aliphatic hydroxyl groups excluding tert-OH is 1. The van der Waals surface area contributed by atoms with E-state index >= 15 is 0 Å². The van der Waals surface area contributed by atoms with Gasteiger partial charge in [0.25, 0.3) is 0 Å². The molecule has 0 rings (SSSR count). The summed E-state index contributed by atoms with van der Waals surface area (Å²) >= 11 is 0. The Kier molecular flexibility index (Phi) is 69.3. The highest BCUT2D eigenvalue weighted by atomic mass is 31.2. The Morgan fingerprint density at radius 2 is 0.531 bits per heavy atom. The number of ether oxygens (including phenoxy) is 4. The number of esters is 4. The highest BCUT2D eigenvalue weighted by Crippen LogP contribution is 2.45. The van der Waals surface area contributed by atoms with Crippen LogP contribution in [0, 0.1) is 0 Å². The highest BCUT2D eigenvalue weighted by molar-refractivity contribution is 7.47. The molecule has 0 amide bonds. The van der Waals surface area contributed by atoms with Gasteiger partial charge < -0.3 is 33.8 Å². The summed E-state index contributed by atoms with van der Waals surface area (Å²) in [7, 11) is -9.95. The lowest BCUT2D eigenvalue weighted by atomic mass is 10.1. The number of hydrogen-bond acceptors (Lipinski definition) is 15. The number of allylic oxidation sites excluding steroid dienone is 12. The van der Waals surface area contributed by atoms with Crippen molar-refractivity contribution in [3.05, 3.63) is 72.9 Å². The van der Waals surface area contributed by atoms with Gasteiger partial charge in [-0.2, -0.15) is 0 Å². The van der Waals surface area contributed by atoms with Crippen molar-refractivity contribution in [2.24, 2.45) is 0 Å². The predicted molar refractivity (Wildman–Crippen MR) is 400 cm³/mol. The van der Waals surface area contributed by atoms with E-state index in [0.717, 1.165) is 161 Å². The number of carbonyl (C=O) groups is 4. The summed E-state index contributed by atoms with van der Waals surface area (Å²) in [5.74, 6) is -2.20. The molecule has 0 aliphatic heterocycles. The first kappa shape index (κ1) is 94.5. The quantitative estimate of drug-likeness (QED) is 0.0128. The number of carbonyl (C=O) groups excluding carboxylic acids is 4. The third-order valence-corrected chi connectivity index (χ3v) is 18.5. The lowest BCUT2D eigenvalue weighted by molar-refractivity contribution is -0.161. The first-order valence-corrected chi connectivity index (χ1v) is 42.2. The maximum absolute atomic E-state index is 13.1. The Morgan fingerprint density at radius 1 is 0.296 bits per heavy atom. The molecule has 0 bridgehead atoms. The fourth-order valence-electron chi connectivity index (χ4n) is 10.6. The van der Waals surface area contributed by atoms with Crippen LogP contribution < -0.4 is 0 Å². The molecule has 19 heteroatoms. The normalized spacial score (nSPS) is 14.3. The molecule has 0 aromatic heterocycles. The molecular formula is C79H142O17P2. The zero-order chi connectivity index (χ0) is 71.8. The van der Waals surface area contributed by atoms with Gasteiger partial charge in [-0.25, -0.2) is 9.13 Å². The van der Waals surface area contributed by atoms with Crippen LogP contribution in [0.1, 0.15) is 349 Å². The molecule has 0 aliphatic carbocycles. The fourth-order valence-corrected chi connectivity index (χ4v) is 12.2. The van der Waals surface area contributed by atoms with Crippen LogP contribution in [-0.2, 0) is 65.4 Å². The van der Waals surface area contributed by atoms with E-state index in [9.17, 15) is 43.2 Å². The maximum atomic E-state index is 13.1. The number of aliphatic hydroxyl groups is 1. The van der Waals surface area contributed by atoms with Crippen LogP contribution in [-0.4, -0.2) is 96.7 Å². The number of hydrogen-bond donors (Lipinski definition) is 3. The topological polar surface area (TPSA) is 237 Å². The fraction of sp³-hybridized carbons (Fsp3) is 0.797. The van der Waals surface area contributed by atoms with Crippen LogP contribution >= 0.6 is 15.6 Å². The Bertz CT molecular complexity index is 2140. The first-order chi connectivity index (χ1) is 47.7. The molecule has 0 fully saturated rings. The van der Waals surface area contributed by atoms with Crippen molar-refractivity contribution < 1.29 is 80.2 Å². The van der Waals surface area contributed by atoms with Crippen molar-refractivity contribution in [2.45, 2.75) is 367 Å². The SMILES string of the molecule is CCCCC/C=C\C/C=C\CCCCCCCC(=O)OC[C@H](COP(=O)(O)OC[C@@H](O)COP(=O)(O)OC[C@@H](COC(=O)CCCCCCC/C=C\C=C/CCCCCC)OC(=O)CCCCCCC/C=C\CCCCCCCC)OC(=O)CCCCCCC/C=C\CCCCCC. The molecule has 0 saturated carbocycles. The molecule has 570 valence electrons. The van der Waals surface area contributed by atoms with Gasteiger partial charge in [0.15, 0.2) is 12.2 Å². The van der Waals surface area contributed by atoms with E-state index in [0.29, 0.717) is 25.7 Å². The summed E-state index contributed by atoms with van der Waals surface area (Å²) in [6.45, 7) is 4.80. The van der Waals surface area contributed by atoms with Gasteiger partial charge in [0.2, 0.25) is 0 Å². The molecule has 5 atom stereocenters. The Hall–Kier alpha value is -3.50. The van der Waals surface area contributed by atoms with Crippen molar-refractivity contribution in [1.29, 1.82) is 0 Å². The van der Waals surface area contributed by atoms with E-state index < -0.39 is 97.5 Å². The van der Waals surface area contributed by atoms with Gasteiger partial charge in [-0.15, -0.1) is 0 Å². The molecule has 0 aliphatic rings. The maximum Gasteiger partial charge on any atom is 0.472 e. The number of rotatable bonds is 74. The van der Waals surface area contributed by atoms with Gasteiger partial charge in [0.05, 0.1) is 26.4 Å². The van der Waals surface area contributed by atoms with E-state index in [1.165, 1.54) is 109 Å². The summed E-state index contributed by atoms with van der Waals surface area (Å²) in [6.07, 6.45) is 71.6. The molecule has 0 heterocycles. The highest BCUT2D eigenvalue weighted by Gasteiger charge is 2.30. The Balaban J connectivity index is 5.36. The molecule has 0 aromatic carbocycles. The lowest BCUT2D eigenvalue weighted by Gasteiger charge is -2.21. The minimum Gasteiger partial charge on any atom is -0.462 e. The van der Waals surface area contributed by atoms with Gasteiger partial charge in [-0.05, 0) is 135 Å². The molecule has 98 heavy (non-hydrogen) atoms. The van der Waals surface area contributed by atoms with Crippen LogP contribution in [0.5, 0.6) is 0 Å². The van der Waals surface area contributed by atoms with Crippen molar-refractivity contribution >= 4 is 39.5 Å². The van der Waals surface area contributed by atoms with Crippen molar-refractivity contribution in [3.8, 4) is 0 Å². The largest absolute Gasteiger partial charge is 0.472 e. The standard InChI is InChI=1S/C79H142O17P2/c1-5-9-13-17-21-25-29-33-36-40-43-47-51-55-59-63-76(81)89-69-74(95-78(83)65-61-57-53-49-45-39-32-28-24-20-16-12-8-4)71-93-97(85,86)91-67-73(80)68-92-98(87,88)94-72-75(96-79(84)66-62-58-54-50-46-42-38-35-31-27-23-19-15-11-7-3)70-90-77(82)64-60-56-52-48-44-41-37-34-30-26-22-18-14-10-6-2/h21,25-26,28,30,32-38,73-75,80H,5-20,22-24,27,29,31,39-72H2,1-4H3,(H,85,86)(H,87,88)/b25-21-,30-26-,32-28-,36-33-,37-34-,38-35-/t73-,74-,75-/m1/s1. The summed E-state index contributed by atoms with van der Waals surface area (Å²) in [5, 5.41) is 10.6. The van der Waals surface area contributed by atoms with E-state index in [2.05, 4.69) is 101 Å². The molecule has 0 saturated heterocycles. The zero-order valence-corrected chi connectivity index (χ0v) is 64.0.